The number of aromatic nitrogens is 4. The molecule has 5 heteroatoms. The first-order chi connectivity index (χ1) is 19.0. The molecule has 0 radical (unpaired) electrons. The van der Waals surface area contributed by atoms with E-state index in [9.17, 15) is 0 Å². The van der Waals surface area contributed by atoms with Gasteiger partial charge in [0.15, 0.2) is 0 Å². The maximum Gasteiger partial charge on any atom is 2.00 e. The van der Waals surface area contributed by atoms with Crippen LogP contribution in [0.3, 0.4) is 0 Å². The normalized spacial score (nSPS) is 13.4. The summed E-state index contributed by atoms with van der Waals surface area (Å²) in [6.45, 7) is 40.9. The fourth-order valence-electron chi connectivity index (χ4n) is 5.32. The van der Waals surface area contributed by atoms with E-state index in [0.717, 1.165) is 50.2 Å². The van der Waals surface area contributed by atoms with Crippen molar-refractivity contribution in [2.45, 2.75) is 208 Å². The van der Waals surface area contributed by atoms with Crippen LogP contribution in [-0.2, 0) is 32.5 Å². The van der Waals surface area contributed by atoms with Gasteiger partial charge in [-0.15, -0.1) is 0 Å². The quantitative estimate of drug-likeness (QED) is 0.197. The molecule has 2 aromatic heterocycles. The van der Waals surface area contributed by atoms with Crippen molar-refractivity contribution in [3.63, 3.8) is 0 Å². The Kier molecular flexibility index (Phi) is 15.9. The largest absolute Gasteiger partial charge is 2.00 e. The Bertz CT molecular complexity index is 956. The Balaban J connectivity index is 0.000000802. The Hall–Kier alpha value is -0.320. The van der Waals surface area contributed by atoms with Crippen LogP contribution in [0.25, 0.3) is 0 Å². The van der Waals surface area contributed by atoms with Crippen LogP contribution in [0.4, 0.5) is 0 Å². The summed E-state index contributed by atoms with van der Waals surface area (Å²) in [6, 6.07) is 0. The third-order valence-corrected chi connectivity index (χ3v) is 10.4. The molecule has 4 nitrogen and oxygen atoms in total. The molecule has 0 unspecified atom stereocenters. The topological polar surface area (TPSA) is 54.0 Å². The summed E-state index contributed by atoms with van der Waals surface area (Å²) in [5.74, 6) is 2.08. The molecular formula is C38H70CaN4. The summed E-state index contributed by atoms with van der Waals surface area (Å²) in [5, 5.41) is 0. The third kappa shape index (κ3) is 10.3. The van der Waals surface area contributed by atoms with Crippen molar-refractivity contribution in [3.05, 3.63) is 34.4 Å². The average molecular weight is 623 g/mol. The number of hydrogen-bond donors (Lipinski definition) is 0. The van der Waals surface area contributed by atoms with Crippen LogP contribution in [-0.4, -0.2) is 47.7 Å². The van der Waals surface area contributed by atoms with Crippen LogP contribution in [0.2, 0.25) is 0 Å². The molecule has 2 rings (SSSR count). The zero-order valence-corrected chi connectivity index (χ0v) is 34.4. The predicted octanol–water partition coefficient (Wildman–Crippen LogP) is 10.6. The summed E-state index contributed by atoms with van der Waals surface area (Å²) in [6.07, 6.45) is 8.96. The van der Waals surface area contributed by atoms with Crippen LogP contribution in [0.1, 0.15) is 210 Å². The smallest absolute Gasteiger partial charge is 0.442 e. The molecule has 0 aromatic carbocycles. The van der Waals surface area contributed by atoms with E-state index < -0.39 is 0 Å². The molecule has 0 spiro atoms. The van der Waals surface area contributed by atoms with Crippen molar-refractivity contribution in [2.24, 2.45) is 0 Å². The number of hydrogen-bond acceptors (Lipinski definition) is 2. The molecule has 2 heterocycles. The molecule has 43 heavy (non-hydrogen) atoms. The second-order valence-corrected chi connectivity index (χ2v) is 16.7. The number of nitrogens with zero attached hydrogens (tertiary/aromatic N) is 4. The van der Waals surface area contributed by atoms with Crippen molar-refractivity contribution in [1.82, 2.24) is 19.9 Å². The van der Waals surface area contributed by atoms with E-state index in [2.05, 4.69) is 125 Å². The molecule has 244 valence electrons. The molecule has 0 saturated heterocycles. The average Bonchev–Trinajstić information content (AvgIpc) is 3.57. The fraction of sp³-hybridized carbons (Fsp3) is 0.842. The Labute approximate surface area is 298 Å². The van der Waals surface area contributed by atoms with Gasteiger partial charge in [0, 0.05) is 0 Å². The van der Waals surface area contributed by atoms with Gasteiger partial charge in [-0.1, -0.05) is 172 Å². The van der Waals surface area contributed by atoms with Gasteiger partial charge < -0.3 is 19.9 Å². The SMILES string of the molecule is CCCC(C)(C)c1nc(C(C)(C)CC)c(C(C)(C)CC)[n-]1.CCCC(C)(C)c1nc(C(C)(C)CC)c(C(C)(C)CC)[n-]1.[Ca+2]. The first-order valence-corrected chi connectivity index (χ1v) is 17.2. The molecule has 0 fully saturated rings. The standard InChI is InChI=1S/2C19H35N2.Ca/c2*1-10-13-19(8,9)16-20-14(17(4,5)11-2)15(21-16)18(6,7)12-3;/h2*10-13H2,1-9H3;/q2*-1;+2. The van der Waals surface area contributed by atoms with E-state index >= 15 is 0 Å². The zero-order valence-electron chi connectivity index (χ0n) is 32.2. The molecule has 2 aromatic rings. The molecule has 0 bridgehead atoms. The minimum Gasteiger partial charge on any atom is -0.442 e. The van der Waals surface area contributed by atoms with E-state index in [4.69, 9.17) is 19.9 Å². The first-order valence-electron chi connectivity index (χ1n) is 17.2. The van der Waals surface area contributed by atoms with Gasteiger partial charge >= 0.3 is 37.7 Å². The molecule has 0 aliphatic heterocycles. The van der Waals surface area contributed by atoms with Crippen LogP contribution in [0.15, 0.2) is 0 Å². The van der Waals surface area contributed by atoms with Gasteiger partial charge in [0.2, 0.25) is 0 Å². The Morgan fingerprint density at radius 1 is 0.419 bits per heavy atom. The molecule has 0 saturated carbocycles. The van der Waals surface area contributed by atoms with Gasteiger partial charge in [-0.25, -0.2) is 0 Å². The monoisotopic (exact) mass is 623 g/mol. The van der Waals surface area contributed by atoms with Gasteiger partial charge in [-0.05, 0) is 71.0 Å². The molecule has 0 aliphatic rings. The van der Waals surface area contributed by atoms with Crippen molar-refractivity contribution in [1.29, 1.82) is 0 Å². The Morgan fingerprint density at radius 2 is 0.674 bits per heavy atom. The Morgan fingerprint density at radius 3 is 0.884 bits per heavy atom. The van der Waals surface area contributed by atoms with Crippen LogP contribution in [0.5, 0.6) is 0 Å². The molecule has 0 amide bonds. The van der Waals surface area contributed by atoms with Crippen molar-refractivity contribution in [2.75, 3.05) is 0 Å². The van der Waals surface area contributed by atoms with E-state index in [1.807, 2.05) is 0 Å². The molecule has 0 aliphatic carbocycles. The summed E-state index contributed by atoms with van der Waals surface area (Å²) in [5.41, 5.74) is 5.37. The van der Waals surface area contributed by atoms with E-state index in [1.165, 1.54) is 35.6 Å². The zero-order chi connectivity index (χ0) is 32.9. The molecule has 0 atom stereocenters. The summed E-state index contributed by atoms with van der Waals surface area (Å²) < 4.78 is 0. The van der Waals surface area contributed by atoms with Crippen LogP contribution >= 0.6 is 0 Å². The van der Waals surface area contributed by atoms with Crippen molar-refractivity contribution < 1.29 is 0 Å². The maximum absolute atomic E-state index is 5.05. The van der Waals surface area contributed by atoms with Crippen molar-refractivity contribution in [3.8, 4) is 0 Å². The van der Waals surface area contributed by atoms with E-state index in [0.29, 0.717) is 0 Å². The minimum atomic E-state index is 0. The first kappa shape index (κ1) is 42.7. The van der Waals surface area contributed by atoms with Gasteiger partial charge in [0.05, 0.1) is 0 Å². The minimum absolute atomic E-state index is 0. The number of rotatable bonds is 14. The van der Waals surface area contributed by atoms with Gasteiger partial charge in [-0.3, -0.25) is 0 Å². The van der Waals surface area contributed by atoms with E-state index in [-0.39, 0.29) is 70.2 Å². The summed E-state index contributed by atoms with van der Waals surface area (Å²) >= 11 is 0. The summed E-state index contributed by atoms with van der Waals surface area (Å²) in [7, 11) is 0. The second kappa shape index (κ2) is 16.0. The summed E-state index contributed by atoms with van der Waals surface area (Å²) in [4.78, 5) is 20.2. The number of imidazole rings is 2. The van der Waals surface area contributed by atoms with Crippen molar-refractivity contribution >= 4 is 37.7 Å². The molecular weight excluding hydrogens is 553 g/mol. The third-order valence-electron chi connectivity index (χ3n) is 10.4. The fourth-order valence-corrected chi connectivity index (χ4v) is 5.32. The van der Waals surface area contributed by atoms with E-state index in [1.54, 1.807) is 0 Å². The van der Waals surface area contributed by atoms with Gasteiger partial charge in [0.25, 0.3) is 0 Å². The van der Waals surface area contributed by atoms with Gasteiger partial charge in [0.1, 0.15) is 0 Å². The second-order valence-electron chi connectivity index (χ2n) is 16.7. The van der Waals surface area contributed by atoms with Gasteiger partial charge in [-0.2, -0.15) is 0 Å². The van der Waals surface area contributed by atoms with Crippen LogP contribution < -0.4 is 9.97 Å². The predicted molar refractivity (Wildman–Crippen MR) is 190 cm³/mol. The maximum atomic E-state index is 5.05. The van der Waals surface area contributed by atoms with Crippen LogP contribution in [0, 0.1) is 0 Å². The molecule has 0 N–H and O–H groups in total.